The topological polar surface area (TPSA) is 59.3 Å². The van der Waals surface area contributed by atoms with Crippen LogP contribution in [0.3, 0.4) is 0 Å². The molecule has 1 fully saturated rings. The van der Waals surface area contributed by atoms with Crippen molar-refractivity contribution in [2.45, 2.75) is 51.0 Å². The fraction of sp³-hybridized carbons (Fsp3) is 0.400. The van der Waals surface area contributed by atoms with Crippen LogP contribution < -0.4 is 5.32 Å². The van der Waals surface area contributed by atoms with Crippen molar-refractivity contribution in [3.05, 3.63) is 47.7 Å². The van der Waals surface area contributed by atoms with Crippen LogP contribution in [0.2, 0.25) is 0 Å². The zero-order valence-electron chi connectivity index (χ0n) is 13.8. The van der Waals surface area contributed by atoms with Crippen LogP contribution in [0.15, 0.2) is 40.8 Å². The van der Waals surface area contributed by atoms with E-state index in [9.17, 15) is 9.59 Å². The van der Waals surface area contributed by atoms with Gasteiger partial charge in [-0.05, 0) is 31.0 Å². The summed E-state index contributed by atoms with van der Waals surface area (Å²) in [4.78, 5) is 23.6. The average molecular weight is 325 g/mol. The van der Waals surface area contributed by atoms with Gasteiger partial charge in [0.25, 0.3) is 5.91 Å². The number of benzene rings is 1. The second-order valence-electron chi connectivity index (χ2n) is 6.38. The van der Waals surface area contributed by atoms with Gasteiger partial charge in [-0.15, -0.1) is 0 Å². The van der Waals surface area contributed by atoms with Crippen molar-refractivity contribution in [3.8, 4) is 11.3 Å². The first-order valence-corrected chi connectivity index (χ1v) is 8.73. The highest BCUT2D eigenvalue weighted by molar-refractivity contribution is 6.00. The second kappa shape index (κ2) is 7.95. The fourth-order valence-corrected chi connectivity index (χ4v) is 3.32. The van der Waals surface area contributed by atoms with Gasteiger partial charge in [0.15, 0.2) is 12.0 Å². The summed E-state index contributed by atoms with van der Waals surface area (Å²) in [5, 5.41) is 3.18. The van der Waals surface area contributed by atoms with Gasteiger partial charge in [-0.1, -0.05) is 50.3 Å². The van der Waals surface area contributed by atoms with Gasteiger partial charge in [0.05, 0.1) is 5.56 Å². The standard InChI is InChI=1S/C20H23NO3/c22-14-16-12-13-19(24-16)17-10-6-7-11-18(17)20(23)21-15-8-4-2-1-3-5-9-15/h6-7,10-15H,1-5,8-9H2,(H,21,23). The lowest BCUT2D eigenvalue weighted by atomic mass is 9.96. The van der Waals surface area contributed by atoms with E-state index in [1.165, 1.54) is 32.1 Å². The molecule has 24 heavy (non-hydrogen) atoms. The number of rotatable bonds is 4. The summed E-state index contributed by atoms with van der Waals surface area (Å²) in [6.45, 7) is 0. The summed E-state index contributed by atoms with van der Waals surface area (Å²) in [6.07, 6.45) is 8.92. The molecule has 1 N–H and O–H groups in total. The number of amides is 1. The highest BCUT2D eigenvalue weighted by Crippen LogP contribution is 2.26. The molecule has 4 heteroatoms. The maximum absolute atomic E-state index is 12.8. The Balaban J connectivity index is 1.78. The molecule has 1 aliphatic rings. The van der Waals surface area contributed by atoms with Crippen molar-refractivity contribution in [1.82, 2.24) is 5.32 Å². The highest BCUT2D eigenvalue weighted by Gasteiger charge is 2.19. The van der Waals surface area contributed by atoms with Crippen LogP contribution in [-0.4, -0.2) is 18.2 Å². The molecule has 0 bridgehead atoms. The summed E-state index contributed by atoms with van der Waals surface area (Å²) in [6, 6.07) is 11.0. The number of hydrogen-bond donors (Lipinski definition) is 1. The Labute approximate surface area is 142 Å². The van der Waals surface area contributed by atoms with E-state index >= 15 is 0 Å². The van der Waals surface area contributed by atoms with Gasteiger partial charge in [-0.25, -0.2) is 0 Å². The zero-order chi connectivity index (χ0) is 16.8. The Morgan fingerprint density at radius 3 is 2.42 bits per heavy atom. The molecular weight excluding hydrogens is 302 g/mol. The Bertz CT molecular complexity index is 696. The van der Waals surface area contributed by atoms with E-state index in [1.807, 2.05) is 18.2 Å². The molecule has 1 saturated carbocycles. The molecule has 3 rings (SSSR count). The summed E-state index contributed by atoms with van der Waals surface area (Å²) in [5.41, 5.74) is 1.31. The van der Waals surface area contributed by atoms with Crippen molar-refractivity contribution in [3.63, 3.8) is 0 Å². The van der Waals surface area contributed by atoms with Crippen LogP contribution in [0.4, 0.5) is 0 Å². The number of hydrogen-bond acceptors (Lipinski definition) is 3. The van der Waals surface area contributed by atoms with Crippen LogP contribution in [0.1, 0.15) is 65.9 Å². The van der Waals surface area contributed by atoms with Gasteiger partial charge >= 0.3 is 0 Å². The third-order valence-electron chi connectivity index (χ3n) is 4.62. The van der Waals surface area contributed by atoms with Crippen LogP contribution in [0.5, 0.6) is 0 Å². The van der Waals surface area contributed by atoms with Gasteiger partial charge in [0, 0.05) is 11.6 Å². The monoisotopic (exact) mass is 325 g/mol. The Hall–Kier alpha value is -2.36. The van der Waals surface area contributed by atoms with Crippen molar-refractivity contribution >= 4 is 12.2 Å². The molecular formula is C20H23NO3. The number of carbonyl (C=O) groups excluding carboxylic acids is 2. The smallest absolute Gasteiger partial charge is 0.252 e. The predicted octanol–water partition coefficient (Wildman–Crippen LogP) is 4.60. The fourth-order valence-electron chi connectivity index (χ4n) is 3.32. The minimum absolute atomic E-state index is 0.0692. The van der Waals surface area contributed by atoms with Crippen LogP contribution in [-0.2, 0) is 0 Å². The molecule has 2 aromatic rings. The molecule has 0 aliphatic heterocycles. The summed E-state index contributed by atoms with van der Waals surface area (Å²) >= 11 is 0. The van der Waals surface area contributed by atoms with Crippen LogP contribution >= 0.6 is 0 Å². The third-order valence-corrected chi connectivity index (χ3v) is 4.62. The molecule has 0 spiro atoms. The van der Waals surface area contributed by atoms with E-state index in [0.29, 0.717) is 23.2 Å². The summed E-state index contributed by atoms with van der Waals surface area (Å²) in [7, 11) is 0. The predicted molar refractivity (Wildman–Crippen MR) is 93.1 cm³/mol. The minimum atomic E-state index is -0.0692. The number of furan rings is 1. The highest BCUT2D eigenvalue weighted by atomic mass is 16.3. The molecule has 4 nitrogen and oxygen atoms in total. The maximum atomic E-state index is 12.8. The summed E-state index contributed by atoms with van der Waals surface area (Å²) in [5.74, 6) is 0.737. The molecule has 126 valence electrons. The molecule has 1 aromatic heterocycles. The number of aldehydes is 1. The molecule has 0 unspecified atom stereocenters. The van der Waals surface area contributed by atoms with Gasteiger partial charge < -0.3 is 9.73 Å². The van der Waals surface area contributed by atoms with Gasteiger partial charge in [-0.2, -0.15) is 0 Å². The molecule has 1 heterocycles. The van der Waals surface area contributed by atoms with E-state index in [0.717, 1.165) is 12.8 Å². The van der Waals surface area contributed by atoms with E-state index in [2.05, 4.69) is 5.32 Å². The van der Waals surface area contributed by atoms with E-state index in [1.54, 1.807) is 18.2 Å². The minimum Gasteiger partial charge on any atom is -0.453 e. The van der Waals surface area contributed by atoms with Crippen LogP contribution in [0, 0.1) is 0 Å². The van der Waals surface area contributed by atoms with Crippen molar-refractivity contribution in [2.75, 3.05) is 0 Å². The van der Waals surface area contributed by atoms with Gasteiger partial charge in [-0.3, -0.25) is 9.59 Å². The lowest BCUT2D eigenvalue weighted by Crippen LogP contribution is -2.35. The van der Waals surface area contributed by atoms with Crippen molar-refractivity contribution < 1.29 is 14.0 Å². The maximum Gasteiger partial charge on any atom is 0.252 e. The van der Waals surface area contributed by atoms with Crippen LogP contribution in [0.25, 0.3) is 11.3 Å². The molecule has 1 aromatic carbocycles. The first-order chi connectivity index (χ1) is 11.8. The third kappa shape index (κ3) is 3.94. The largest absolute Gasteiger partial charge is 0.453 e. The Morgan fingerprint density at radius 1 is 1.00 bits per heavy atom. The SMILES string of the molecule is O=Cc1ccc(-c2ccccc2C(=O)NC2CCCCCCC2)o1. The number of nitrogens with one attached hydrogen (secondary N) is 1. The molecule has 1 aliphatic carbocycles. The first kappa shape index (κ1) is 16.5. The lowest BCUT2D eigenvalue weighted by Gasteiger charge is -2.21. The quantitative estimate of drug-likeness (QED) is 0.836. The normalized spacial score (nSPS) is 16.2. The zero-order valence-corrected chi connectivity index (χ0v) is 13.8. The molecule has 0 atom stereocenters. The Kier molecular flexibility index (Phi) is 5.47. The summed E-state index contributed by atoms with van der Waals surface area (Å²) < 4.78 is 5.49. The molecule has 0 saturated heterocycles. The second-order valence-corrected chi connectivity index (χ2v) is 6.38. The van der Waals surface area contributed by atoms with Gasteiger partial charge in [0.1, 0.15) is 5.76 Å². The van der Waals surface area contributed by atoms with Crippen molar-refractivity contribution in [1.29, 1.82) is 0 Å². The van der Waals surface area contributed by atoms with Gasteiger partial charge in [0.2, 0.25) is 0 Å². The van der Waals surface area contributed by atoms with E-state index < -0.39 is 0 Å². The van der Waals surface area contributed by atoms with Crippen molar-refractivity contribution in [2.24, 2.45) is 0 Å². The average Bonchev–Trinajstić information content (AvgIpc) is 3.06. The lowest BCUT2D eigenvalue weighted by molar-refractivity contribution is 0.0930. The molecule has 1 amide bonds. The van der Waals surface area contributed by atoms with E-state index in [-0.39, 0.29) is 17.7 Å². The molecule has 0 radical (unpaired) electrons. The van der Waals surface area contributed by atoms with E-state index in [4.69, 9.17) is 4.42 Å². The Morgan fingerprint density at radius 2 is 1.71 bits per heavy atom. The number of carbonyl (C=O) groups is 2. The first-order valence-electron chi connectivity index (χ1n) is 8.73.